The molecule has 164 valence electrons. The summed E-state index contributed by atoms with van der Waals surface area (Å²) in [5, 5.41) is 11.3. The van der Waals surface area contributed by atoms with Gasteiger partial charge in [0.25, 0.3) is 0 Å². The molecule has 0 heterocycles. The van der Waals surface area contributed by atoms with Crippen LogP contribution in [-0.2, 0) is 0 Å². The number of rotatable bonds is 20. The fourth-order valence-electron chi connectivity index (χ4n) is 3.78. The lowest BCUT2D eigenvalue weighted by Crippen LogP contribution is -2.46. The highest BCUT2D eigenvalue weighted by atomic mass is 15.2. The van der Waals surface area contributed by atoms with Gasteiger partial charge in [0.2, 0.25) is 0 Å². The van der Waals surface area contributed by atoms with Crippen LogP contribution in [-0.4, -0.2) is 55.9 Å². The minimum absolute atomic E-state index is 0.658. The van der Waals surface area contributed by atoms with Crippen molar-refractivity contribution in [2.75, 3.05) is 32.8 Å². The first-order valence-electron chi connectivity index (χ1n) is 12.1. The average molecular weight is 385 g/mol. The Morgan fingerprint density at radius 1 is 0.556 bits per heavy atom. The lowest BCUT2D eigenvalue weighted by atomic mass is 10.1. The maximum Gasteiger partial charge on any atom is 0.0483 e. The van der Waals surface area contributed by atoms with Crippen molar-refractivity contribution < 1.29 is 0 Å². The predicted molar refractivity (Wildman–Crippen MR) is 123 cm³/mol. The molecule has 0 fully saturated rings. The van der Waals surface area contributed by atoms with Gasteiger partial charge in [0.1, 0.15) is 0 Å². The molecule has 0 radical (unpaired) electrons. The van der Waals surface area contributed by atoms with Crippen LogP contribution in [0.5, 0.6) is 0 Å². The maximum atomic E-state index is 3.80. The largest absolute Gasteiger partial charge is 0.313 e. The van der Waals surface area contributed by atoms with Crippen LogP contribution in [0.1, 0.15) is 99.3 Å². The second kappa shape index (κ2) is 19.2. The second-order valence-electron chi connectivity index (χ2n) is 8.07. The highest BCUT2D eigenvalue weighted by Gasteiger charge is 2.11. The summed E-state index contributed by atoms with van der Waals surface area (Å²) in [5.74, 6) is 0. The molecule has 4 nitrogen and oxygen atoms in total. The molecule has 4 heteroatoms. The second-order valence-corrected chi connectivity index (χ2v) is 8.07. The first-order chi connectivity index (χ1) is 13.1. The van der Waals surface area contributed by atoms with Crippen LogP contribution in [0.4, 0.5) is 0 Å². The zero-order valence-electron chi connectivity index (χ0n) is 19.6. The zero-order valence-corrected chi connectivity index (χ0v) is 19.6. The molecule has 0 aliphatic rings. The summed E-state index contributed by atoms with van der Waals surface area (Å²) in [7, 11) is 0. The summed E-state index contributed by atoms with van der Waals surface area (Å²) >= 11 is 0. The van der Waals surface area contributed by atoms with E-state index in [0.717, 1.165) is 32.8 Å². The van der Waals surface area contributed by atoms with E-state index in [1.165, 1.54) is 57.8 Å². The van der Waals surface area contributed by atoms with E-state index in [-0.39, 0.29) is 0 Å². The van der Waals surface area contributed by atoms with Gasteiger partial charge in [0.15, 0.2) is 0 Å². The minimum atomic E-state index is 0.658. The predicted octanol–water partition coefficient (Wildman–Crippen LogP) is 4.75. The molecule has 0 aromatic carbocycles. The van der Waals surface area contributed by atoms with Gasteiger partial charge in [-0.05, 0) is 38.5 Å². The van der Waals surface area contributed by atoms with Crippen LogP contribution in [0, 0.1) is 0 Å². The Morgan fingerprint density at radius 3 is 1.26 bits per heavy atom. The van der Waals surface area contributed by atoms with Crippen molar-refractivity contribution in [2.45, 2.75) is 117 Å². The number of nitrogens with zero attached hydrogens (tertiary/aromatic N) is 1. The summed E-state index contributed by atoms with van der Waals surface area (Å²) in [6.45, 7) is 19.2. The minimum Gasteiger partial charge on any atom is -0.313 e. The average Bonchev–Trinajstić information content (AvgIpc) is 2.68. The highest BCUT2D eigenvalue weighted by molar-refractivity contribution is 4.71. The van der Waals surface area contributed by atoms with Crippen LogP contribution >= 0.6 is 0 Å². The number of hydrogen-bond acceptors (Lipinski definition) is 4. The van der Waals surface area contributed by atoms with Crippen molar-refractivity contribution in [1.29, 1.82) is 0 Å². The quantitative estimate of drug-likeness (QED) is 0.265. The first kappa shape index (κ1) is 26.8. The van der Waals surface area contributed by atoms with E-state index < -0.39 is 0 Å². The molecular weight excluding hydrogens is 332 g/mol. The van der Waals surface area contributed by atoms with Gasteiger partial charge in [-0.2, -0.15) is 0 Å². The topological polar surface area (TPSA) is 39.3 Å². The fourth-order valence-corrected chi connectivity index (χ4v) is 3.78. The van der Waals surface area contributed by atoms with Gasteiger partial charge in [-0.15, -0.1) is 0 Å². The van der Waals surface area contributed by atoms with E-state index in [9.17, 15) is 0 Å². The third-order valence-electron chi connectivity index (χ3n) is 5.72. The zero-order chi connectivity index (χ0) is 20.3. The smallest absolute Gasteiger partial charge is 0.0483 e. The summed E-state index contributed by atoms with van der Waals surface area (Å²) < 4.78 is 0. The van der Waals surface area contributed by atoms with E-state index in [1.54, 1.807) is 0 Å². The molecule has 0 saturated carbocycles. The van der Waals surface area contributed by atoms with E-state index in [4.69, 9.17) is 0 Å². The Kier molecular flexibility index (Phi) is 19.1. The number of hydrogen-bond donors (Lipinski definition) is 3. The van der Waals surface area contributed by atoms with E-state index in [1.807, 2.05) is 0 Å². The fraction of sp³-hybridized carbons (Fsp3) is 1.00. The Labute approximate surface area is 171 Å². The summed E-state index contributed by atoms with van der Waals surface area (Å²) in [6, 6.07) is 2.02. The van der Waals surface area contributed by atoms with Gasteiger partial charge in [-0.25, -0.2) is 0 Å². The Hall–Kier alpha value is -0.160. The molecule has 0 saturated heterocycles. The van der Waals surface area contributed by atoms with Gasteiger partial charge in [-0.1, -0.05) is 60.8 Å². The van der Waals surface area contributed by atoms with Crippen LogP contribution in [0.25, 0.3) is 0 Å². The third-order valence-corrected chi connectivity index (χ3v) is 5.72. The summed E-state index contributed by atoms with van der Waals surface area (Å²) in [5.41, 5.74) is 0. The molecule has 27 heavy (non-hydrogen) atoms. The van der Waals surface area contributed by atoms with Gasteiger partial charge in [0, 0.05) is 51.0 Å². The lowest BCUT2D eigenvalue weighted by molar-refractivity contribution is 0.227. The van der Waals surface area contributed by atoms with Crippen molar-refractivity contribution in [2.24, 2.45) is 0 Å². The van der Waals surface area contributed by atoms with E-state index in [2.05, 4.69) is 62.4 Å². The van der Waals surface area contributed by atoms with E-state index >= 15 is 0 Å². The molecular formula is C23H52N4. The Balaban J connectivity index is 4.41. The van der Waals surface area contributed by atoms with Crippen molar-refractivity contribution in [3.8, 4) is 0 Å². The van der Waals surface area contributed by atoms with Crippen molar-refractivity contribution in [3.63, 3.8) is 0 Å². The van der Waals surface area contributed by atoms with Crippen LogP contribution < -0.4 is 16.0 Å². The Morgan fingerprint density at radius 2 is 0.926 bits per heavy atom. The molecule has 0 aromatic rings. The van der Waals surface area contributed by atoms with Gasteiger partial charge < -0.3 is 16.0 Å². The summed E-state index contributed by atoms with van der Waals surface area (Å²) in [4.78, 5) is 2.59. The molecule has 0 aliphatic heterocycles. The third kappa shape index (κ3) is 14.5. The lowest BCUT2D eigenvalue weighted by Gasteiger charge is -2.28. The Bertz CT molecular complexity index is 278. The molecule has 3 N–H and O–H groups in total. The standard InChI is InChI=1S/C23H52N4/c1-7-13-21(10-4)24-16-18-27(20-26-23(12-6)15-9-3)19-17-25-22(11-5)14-8-2/h21-26H,7-20H2,1-6H3. The molecule has 0 amide bonds. The van der Waals surface area contributed by atoms with Gasteiger partial charge >= 0.3 is 0 Å². The van der Waals surface area contributed by atoms with Crippen LogP contribution in [0.15, 0.2) is 0 Å². The van der Waals surface area contributed by atoms with Crippen molar-refractivity contribution in [1.82, 2.24) is 20.9 Å². The molecule has 0 spiro atoms. The maximum absolute atomic E-state index is 3.80. The van der Waals surface area contributed by atoms with E-state index in [0.29, 0.717) is 18.1 Å². The first-order valence-corrected chi connectivity index (χ1v) is 12.1. The SMILES string of the molecule is CCCC(CC)NCCN(CCNC(CC)CCC)CNC(CC)CCC. The molecule has 0 aliphatic carbocycles. The monoisotopic (exact) mass is 384 g/mol. The number of nitrogens with one attached hydrogen (secondary N) is 3. The van der Waals surface area contributed by atoms with Gasteiger partial charge in [-0.3, -0.25) is 4.90 Å². The van der Waals surface area contributed by atoms with Crippen LogP contribution in [0.3, 0.4) is 0 Å². The highest BCUT2D eigenvalue weighted by Crippen LogP contribution is 2.03. The van der Waals surface area contributed by atoms with Crippen molar-refractivity contribution >= 4 is 0 Å². The molecule has 3 atom stereocenters. The summed E-state index contributed by atoms with van der Waals surface area (Å²) in [6.07, 6.45) is 11.4. The molecule has 3 unspecified atom stereocenters. The normalized spacial score (nSPS) is 15.2. The molecule has 0 aromatic heterocycles. The molecule has 0 rings (SSSR count). The van der Waals surface area contributed by atoms with Crippen LogP contribution in [0.2, 0.25) is 0 Å². The molecule has 0 bridgehead atoms. The van der Waals surface area contributed by atoms with Gasteiger partial charge in [0.05, 0.1) is 0 Å². The van der Waals surface area contributed by atoms with Crippen molar-refractivity contribution in [3.05, 3.63) is 0 Å².